The molecule has 18 heavy (non-hydrogen) atoms. The van der Waals surface area contributed by atoms with Gasteiger partial charge in [-0.2, -0.15) is 0 Å². The zero-order valence-electron chi connectivity index (χ0n) is 12.0. The van der Waals surface area contributed by atoms with E-state index in [0.29, 0.717) is 12.1 Å². The minimum absolute atomic E-state index is 0.0677. The number of aryl methyl sites for hydroxylation is 1. The smallest absolute Gasteiger partial charge is 0.0708 e. The first-order chi connectivity index (χ1) is 8.48. The Labute approximate surface area is 111 Å². The standard InChI is InChI=1S/C16H25NO/c1-12-7-5-6-8-15(12)13(2)17-11-14-9-10-16(3,4)18-14/h5-8,13-14,17H,9-11H2,1-4H3/t13-,14?/m1/s1. The molecule has 2 atom stereocenters. The highest BCUT2D eigenvalue weighted by atomic mass is 16.5. The summed E-state index contributed by atoms with van der Waals surface area (Å²) in [6, 6.07) is 8.96. The van der Waals surface area contributed by atoms with Crippen LogP contribution >= 0.6 is 0 Å². The molecule has 100 valence electrons. The average molecular weight is 247 g/mol. The fourth-order valence-electron chi connectivity index (χ4n) is 2.71. The van der Waals surface area contributed by atoms with Crippen LogP contribution in [0.15, 0.2) is 24.3 Å². The van der Waals surface area contributed by atoms with Crippen LogP contribution in [0.4, 0.5) is 0 Å². The summed E-state index contributed by atoms with van der Waals surface area (Å²) in [6.07, 6.45) is 2.70. The van der Waals surface area contributed by atoms with Gasteiger partial charge in [-0.05, 0) is 51.7 Å². The lowest BCUT2D eigenvalue weighted by atomic mass is 10.0. The van der Waals surface area contributed by atoms with E-state index in [0.717, 1.165) is 13.0 Å². The second kappa shape index (κ2) is 5.41. The molecule has 0 aliphatic carbocycles. The zero-order valence-corrected chi connectivity index (χ0v) is 12.0. The lowest BCUT2D eigenvalue weighted by molar-refractivity contribution is -0.0150. The van der Waals surface area contributed by atoms with Gasteiger partial charge in [-0.15, -0.1) is 0 Å². The highest BCUT2D eigenvalue weighted by molar-refractivity contribution is 5.28. The van der Waals surface area contributed by atoms with Crippen LogP contribution in [-0.4, -0.2) is 18.2 Å². The number of benzene rings is 1. The summed E-state index contributed by atoms with van der Waals surface area (Å²) in [6.45, 7) is 9.69. The molecule has 0 bridgehead atoms. The SMILES string of the molecule is Cc1ccccc1[C@@H](C)NCC1CCC(C)(C)O1. The number of ether oxygens (including phenoxy) is 1. The van der Waals surface area contributed by atoms with Crippen LogP contribution in [-0.2, 0) is 4.74 Å². The Morgan fingerprint density at radius 2 is 2.11 bits per heavy atom. The fraction of sp³-hybridized carbons (Fsp3) is 0.625. The summed E-state index contributed by atoms with van der Waals surface area (Å²) >= 11 is 0. The van der Waals surface area contributed by atoms with Crippen LogP contribution < -0.4 is 5.32 Å². The molecule has 2 heteroatoms. The van der Waals surface area contributed by atoms with Gasteiger partial charge in [0.1, 0.15) is 0 Å². The van der Waals surface area contributed by atoms with E-state index in [-0.39, 0.29) is 5.60 Å². The van der Waals surface area contributed by atoms with Crippen molar-refractivity contribution in [3.05, 3.63) is 35.4 Å². The summed E-state index contributed by atoms with van der Waals surface area (Å²) in [5.41, 5.74) is 2.80. The minimum atomic E-state index is 0.0677. The summed E-state index contributed by atoms with van der Waals surface area (Å²) in [5, 5.41) is 3.59. The van der Waals surface area contributed by atoms with Crippen LogP contribution in [0.3, 0.4) is 0 Å². The van der Waals surface area contributed by atoms with Gasteiger partial charge in [-0.1, -0.05) is 24.3 Å². The Morgan fingerprint density at radius 1 is 1.39 bits per heavy atom. The van der Waals surface area contributed by atoms with E-state index in [1.165, 1.54) is 17.5 Å². The van der Waals surface area contributed by atoms with E-state index >= 15 is 0 Å². The molecule has 1 unspecified atom stereocenters. The molecule has 0 amide bonds. The third kappa shape index (κ3) is 3.33. The van der Waals surface area contributed by atoms with Crippen molar-refractivity contribution in [3.8, 4) is 0 Å². The maximum Gasteiger partial charge on any atom is 0.0708 e. The second-order valence-electron chi connectivity index (χ2n) is 6.02. The van der Waals surface area contributed by atoms with Crippen molar-refractivity contribution in [2.75, 3.05) is 6.54 Å². The zero-order chi connectivity index (χ0) is 13.2. The van der Waals surface area contributed by atoms with Crippen LogP contribution in [0.1, 0.15) is 50.8 Å². The molecule has 1 saturated heterocycles. The van der Waals surface area contributed by atoms with Gasteiger partial charge < -0.3 is 10.1 Å². The molecule has 0 aromatic heterocycles. The van der Waals surface area contributed by atoms with Gasteiger partial charge in [-0.25, -0.2) is 0 Å². The summed E-state index contributed by atoms with van der Waals surface area (Å²) in [4.78, 5) is 0. The van der Waals surface area contributed by atoms with E-state index in [1.54, 1.807) is 0 Å². The van der Waals surface area contributed by atoms with Gasteiger partial charge >= 0.3 is 0 Å². The first-order valence-corrected chi connectivity index (χ1v) is 6.95. The largest absolute Gasteiger partial charge is 0.371 e. The maximum absolute atomic E-state index is 6.00. The van der Waals surface area contributed by atoms with Crippen molar-refractivity contribution in [1.29, 1.82) is 0 Å². The molecule has 0 spiro atoms. The van der Waals surface area contributed by atoms with Crippen LogP contribution in [0.25, 0.3) is 0 Å². The molecule has 2 rings (SSSR count). The average Bonchev–Trinajstić information content (AvgIpc) is 2.66. The van der Waals surface area contributed by atoms with Crippen molar-refractivity contribution in [2.45, 2.75) is 58.3 Å². The van der Waals surface area contributed by atoms with Crippen molar-refractivity contribution in [2.24, 2.45) is 0 Å². The molecule has 1 aromatic rings. The highest BCUT2D eigenvalue weighted by Crippen LogP contribution is 2.29. The van der Waals surface area contributed by atoms with E-state index in [1.807, 2.05) is 0 Å². The van der Waals surface area contributed by atoms with E-state index in [9.17, 15) is 0 Å². The number of hydrogen-bond donors (Lipinski definition) is 1. The Balaban J connectivity index is 1.86. The molecular weight excluding hydrogens is 222 g/mol. The molecular formula is C16H25NO. The fourth-order valence-corrected chi connectivity index (χ4v) is 2.71. The van der Waals surface area contributed by atoms with Gasteiger partial charge in [0.25, 0.3) is 0 Å². The lowest BCUT2D eigenvalue weighted by Crippen LogP contribution is -2.31. The molecule has 1 N–H and O–H groups in total. The van der Waals surface area contributed by atoms with Crippen LogP contribution in [0.2, 0.25) is 0 Å². The minimum Gasteiger partial charge on any atom is -0.371 e. The normalized spacial score (nSPS) is 24.1. The number of hydrogen-bond acceptors (Lipinski definition) is 2. The molecule has 2 nitrogen and oxygen atoms in total. The maximum atomic E-state index is 6.00. The van der Waals surface area contributed by atoms with Crippen molar-refractivity contribution in [3.63, 3.8) is 0 Å². The predicted molar refractivity (Wildman–Crippen MR) is 75.8 cm³/mol. The monoisotopic (exact) mass is 247 g/mol. The first kappa shape index (κ1) is 13.6. The molecule has 0 saturated carbocycles. The van der Waals surface area contributed by atoms with Gasteiger partial charge in [0, 0.05) is 12.6 Å². The Kier molecular flexibility index (Phi) is 4.08. The number of nitrogens with one attached hydrogen (secondary N) is 1. The van der Waals surface area contributed by atoms with Gasteiger partial charge in [0.05, 0.1) is 11.7 Å². The van der Waals surface area contributed by atoms with Gasteiger partial charge in [0.2, 0.25) is 0 Å². The topological polar surface area (TPSA) is 21.3 Å². The van der Waals surface area contributed by atoms with Gasteiger partial charge in [-0.3, -0.25) is 0 Å². The van der Waals surface area contributed by atoms with Gasteiger partial charge in [0.15, 0.2) is 0 Å². The van der Waals surface area contributed by atoms with Crippen molar-refractivity contribution >= 4 is 0 Å². The summed E-state index contributed by atoms with van der Waals surface area (Å²) in [5.74, 6) is 0. The lowest BCUT2D eigenvalue weighted by Gasteiger charge is -2.22. The second-order valence-corrected chi connectivity index (χ2v) is 6.02. The van der Waals surface area contributed by atoms with E-state index in [4.69, 9.17) is 4.74 Å². The third-order valence-electron chi connectivity index (χ3n) is 3.86. The van der Waals surface area contributed by atoms with E-state index < -0.39 is 0 Å². The molecule has 1 heterocycles. The molecule has 1 aliphatic rings. The molecule has 1 aromatic carbocycles. The first-order valence-electron chi connectivity index (χ1n) is 6.95. The van der Waals surface area contributed by atoms with E-state index in [2.05, 4.69) is 57.3 Å². The third-order valence-corrected chi connectivity index (χ3v) is 3.86. The highest BCUT2D eigenvalue weighted by Gasteiger charge is 2.31. The molecule has 0 radical (unpaired) electrons. The summed E-state index contributed by atoms with van der Waals surface area (Å²) in [7, 11) is 0. The van der Waals surface area contributed by atoms with Crippen LogP contribution in [0.5, 0.6) is 0 Å². The van der Waals surface area contributed by atoms with Crippen molar-refractivity contribution < 1.29 is 4.74 Å². The van der Waals surface area contributed by atoms with Crippen LogP contribution in [0, 0.1) is 6.92 Å². The Morgan fingerprint density at radius 3 is 2.72 bits per heavy atom. The summed E-state index contributed by atoms with van der Waals surface area (Å²) < 4.78 is 6.00. The quantitative estimate of drug-likeness (QED) is 0.877. The Hall–Kier alpha value is -0.860. The Bertz CT molecular complexity index is 400. The van der Waals surface area contributed by atoms with Crippen molar-refractivity contribution in [1.82, 2.24) is 5.32 Å². The molecule has 1 fully saturated rings. The molecule has 1 aliphatic heterocycles. The number of rotatable bonds is 4. The predicted octanol–water partition coefficient (Wildman–Crippen LogP) is 3.60.